The maximum atomic E-state index is 10.5. The number of carboxylic acids is 1. The summed E-state index contributed by atoms with van der Waals surface area (Å²) in [5, 5.41) is 12.7. The van der Waals surface area contributed by atoms with E-state index in [0.717, 1.165) is 12.8 Å². The quantitative estimate of drug-likeness (QED) is 0.461. The summed E-state index contributed by atoms with van der Waals surface area (Å²) in [6, 6.07) is -0.831. The molecule has 70 valence electrons. The molecule has 1 atom stereocenters. The fourth-order valence-corrected chi connectivity index (χ4v) is 0.903. The number of nitrogens with one attached hydrogen (secondary N) is 1. The first-order valence-corrected chi connectivity index (χ1v) is 4.06. The van der Waals surface area contributed by atoms with E-state index in [2.05, 4.69) is 5.32 Å². The van der Waals surface area contributed by atoms with Gasteiger partial charge in [0, 0.05) is 6.92 Å². The normalized spacial score (nSPS) is 11.2. The van der Waals surface area contributed by atoms with Crippen LogP contribution < -0.4 is 40.0 Å². The van der Waals surface area contributed by atoms with E-state index in [-0.39, 0.29) is 35.5 Å². The Labute approximate surface area is 100 Å². The molecule has 1 unspecified atom stereocenters. The number of carboxylic acid groups (broad SMARTS) is 1. The second-order valence-electron chi connectivity index (χ2n) is 2.71. The van der Waals surface area contributed by atoms with Crippen molar-refractivity contribution in [1.82, 2.24) is 5.32 Å². The van der Waals surface area contributed by atoms with E-state index in [1.165, 1.54) is 6.92 Å². The number of carbonyl (C=O) groups is 2. The summed E-state index contributed by atoms with van der Waals surface area (Å²) in [6.45, 7) is 3.25. The second kappa shape index (κ2) is 8.53. The molecule has 0 radical (unpaired) electrons. The van der Waals surface area contributed by atoms with Gasteiger partial charge in [0.25, 0.3) is 0 Å². The van der Waals surface area contributed by atoms with Crippen LogP contribution in [0.4, 0.5) is 0 Å². The van der Waals surface area contributed by atoms with Crippen molar-refractivity contribution in [3.63, 3.8) is 0 Å². The van der Waals surface area contributed by atoms with E-state index in [1.54, 1.807) is 0 Å². The standard InChI is InChI=1S/C8H15NO3.Na/c1-3-4-5-7(8(11)12)9-6(2)10;/h7H,3-5H2,1-2H3,(H,9,10)(H,11,12);/q;+1/p-1. The van der Waals surface area contributed by atoms with Crippen LogP contribution in [0.2, 0.25) is 0 Å². The summed E-state index contributed by atoms with van der Waals surface area (Å²) in [7, 11) is 0. The van der Waals surface area contributed by atoms with Crippen LogP contribution in [0.3, 0.4) is 0 Å². The fourth-order valence-electron chi connectivity index (χ4n) is 0.903. The molecular weight excluding hydrogens is 181 g/mol. The van der Waals surface area contributed by atoms with Crippen LogP contribution >= 0.6 is 0 Å². The Hall–Kier alpha value is -0.0600. The molecule has 0 spiro atoms. The van der Waals surface area contributed by atoms with Gasteiger partial charge in [0.1, 0.15) is 0 Å². The zero-order chi connectivity index (χ0) is 9.56. The Balaban J connectivity index is 0. The Morgan fingerprint density at radius 2 is 2.00 bits per heavy atom. The number of rotatable bonds is 5. The van der Waals surface area contributed by atoms with E-state index in [1.807, 2.05) is 6.92 Å². The molecule has 0 bridgehead atoms. The molecule has 4 nitrogen and oxygen atoms in total. The van der Waals surface area contributed by atoms with Gasteiger partial charge >= 0.3 is 29.6 Å². The maximum absolute atomic E-state index is 10.5. The molecule has 0 aliphatic rings. The summed E-state index contributed by atoms with van der Waals surface area (Å²) >= 11 is 0. The largest absolute Gasteiger partial charge is 1.00 e. The monoisotopic (exact) mass is 195 g/mol. The van der Waals surface area contributed by atoms with E-state index in [9.17, 15) is 14.7 Å². The summed E-state index contributed by atoms with van der Waals surface area (Å²) in [5.41, 5.74) is 0. The van der Waals surface area contributed by atoms with Gasteiger partial charge in [-0.3, -0.25) is 4.79 Å². The molecule has 0 fully saturated rings. The minimum absolute atomic E-state index is 0. The van der Waals surface area contributed by atoms with Crippen molar-refractivity contribution in [3.8, 4) is 0 Å². The van der Waals surface area contributed by atoms with Gasteiger partial charge in [-0.1, -0.05) is 19.8 Å². The number of aliphatic carboxylic acids is 1. The molecule has 5 heteroatoms. The third-order valence-corrected chi connectivity index (χ3v) is 1.51. The molecule has 13 heavy (non-hydrogen) atoms. The zero-order valence-corrected chi connectivity index (χ0v) is 10.4. The zero-order valence-electron chi connectivity index (χ0n) is 8.42. The predicted molar refractivity (Wildman–Crippen MR) is 42.1 cm³/mol. The summed E-state index contributed by atoms with van der Waals surface area (Å²) in [5.74, 6) is -1.54. The van der Waals surface area contributed by atoms with E-state index < -0.39 is 12.0 Å². The van der Waals surface area contributed by atoms with Gasteiger partial charge in [-0.15, -0.1) is 0 Å². The van der Waals surface area contributed by atoms with Gasteiger partial charge in [0.2, 0.25) is 5.91 Å². The van der Waals surface area contributed by atoms with Crippen molar-refractivity contribution < 1.29 is 44.3 Å². The molecule has 1 amide bonds. The number of hydrogen-bond donors (Lipinski definition) is 1. The molecule has 0 aromatic rings. The van der Waals surface area contributed by atoms with E-state index in [4.69, 9.17) is 0 Å². The first-order valence-electron chi connectivity index (χ1n) is 4.06. The Morgan fingerprint density at radius 3 is 2.31 bits per heavy atom. The van der Waals surface area contributed by atoms with Crippen LogP contribution in [-0.2, 0) is 9.59 Å². The Kier molecular flexibility index (Phi) is 10.1. The molecule has 0 aliphatic carbocycles. The van der Waals surface area contributed by atoms with Crippen molar-refractivity contribution in [2.75, 3.05) is 0 Å². The Morgan fingerprint density at radius 1 is 1.46 bits per heavy atom. The number of hydrogen-bond acceptors (Lipinski definition) is 3. The van der Waals surface area contributed by atoms with E-state index >= 15 is 0 Å². The average molecular weight is 195 g/mol. The van der Waals surface area contributed by atoms with Crippen molar-refractivity contribution >= 4 is 11.9 Å². The summed E-state index contributed by atoms with van der Waals surface area (Å²) in [4.78, 5) is 20.9. The summed E-state index contributed by atoms with van der Waals surface area (Å²) in [6.07, 6.45) is 2.13. The fraction of sp³-hybridized carbons (Fsp3) is 0.750. The topological polar surface area (TPSA) is 69.2 Å². The van der Waals surface area contributed by atoms with Crippen molar-refractivity contribution in [2.24, 2.45) is 0 Å². The third-order valence-electron chi connectivity index (χ3n) is 1.51. The molecule has 0 rings (SSSR count). The first-order chi connectivity index (χ1) is 5.57. The average Bonchev–Trinajstić information content (AvgIpc) is 1.96. The predicted octanol–water partition coefficient (Wildman–Crippen LogP) is -3.56. The smallest absolute Gasteiger partial charge is 0.548 e. The third kappa shape index (κ3) is 8.28. The van der Waals surface area contributed by atoms with Crippen molar-refractivity contribution in [2.45, 2.75) is 39.2 Å². The number of amides is 1. The van der Waals surface area contributed by atoms with Crippen molar-refractivity contribution in [3.05, 3.63) is 0 Å². The van der Waals surface area contributed by atoms with Gasteiger partial charge < -0.3 is 15.2 Å². The second-order valence-corrected chi connectivity index (χ2v) is 2.71. The van der Waals surface area contributed by atoms with Gasteiger partial charge in [-0.2, -0.15) is 0 Å². The van der Waals surface area contributed by atoms with Crippen LogP contribution in [0.1, 0.15) is 33.1 Å². The van der Waals surface area contributed by atoms with Gasteiger partial charge in [-0.05, 0) is 6.42 Å². The first kappa shape index (κ1) is 15.4. The van der Waals surface area contributed by atoms with Gasteiger partial charge in [-0.25, -0.2) is 0 Å². The van der Waals surface area contributed by atoms with Crippen molar-refractivity contribution in [1.29, 1.82) is 0 Å². The number of carbonyl (C=O) groups excluding carboxylic acids is 2. The SMILES string of the molecule is CCCCC(NC(C)=O)C(=O)[O-].[Na+]. The number of unbranched alkanes of at least 4 members (excludes halogenated alkanes) is 1. The van der Waals surface area contributed by atoms with Crippen LogP contribution in [0.25, 0.3) is 0 Å². The van der Waals surface area contributed by atoms with Gasteiger partial charge in [0.05, 0.1) is 12.0 Å². The van der Waals surface area contributed by atoms with Gasteiger partial charge in [0.15, 0.2) is 0 Å². The Bertz CT molecular complexity index is 173. The molecule has 1 N–H and O–H groups in total. The molecular formula is C8H14NNaO3. The van der Waals surface area contributed by atoms with Crippen LogP contribution in [-0.4, -0.2) is 17.9 Å². The molecule has 0 saturated carbocycles. The van der Waals surface area contributed by atoms with Crippen LogP contribution in [0.15, 0.2) is 0 Å². The molecule has 0 aliphatic heterocycles. The summed E-state index contributed by atoms with van der Waals surface area (Å²) < 4.78 is 0. The molecule has 0 aromatic heterocycles. The minimum atomic E-state index is -1.21. The molecule has 0 aromatic carbocycles. The molecule has 0 heterocycles. The molecule has 0 saturated heterocycles. The minimum Gasteiger partial charge on any atom is -0.548 e. The van der Waals surface area contributed by atoms with Crippen LogP contribution in [0.5, 0.6) is 0 Å². The van der Waals surface area contributed by atoms with Crippen LogP contribution in [0, 0.1) is 0 Å². The van der Waals surface area contributed by atoms with E-state index in [0.29, 0.717) is 6.42 Å². The maximum Gasteiger partial charge on any atom is 1.00 e.